The fraction of sp³-hybridized carbons (Fsp3) is 0.115. The summed E-state index contributed by atoms with van der Waals surface area (Å²) in [6, 6.07) is 24.8. The van der Waals surface area contributed by atoms with Crippen molar-refractivity contribution in [3.63, 3.8) is 0 Å². The molecule has 1 aromatic heterocycles. The van der Waals surface area contributed by atoms with E-state index in [-0.39, 0.29) is 17.6 Å². The van der Waals surface area contributed by atoms with Crippen molar-refractivity contribution < 1.29 is 14.3 Å². The van der Waals surface area contributed by atoms with E-state index in [1.54, 1.807) is 18.2 Å². The van der Waals surface area contributed by atoms with Gasteiger partial charge in [0.1, 0.15) is 12.3 Å². The molecule has 178 valence electrons. The number of amides is 2. The van der Waals surface area contributed by atoms with Crippen molar-refractivity contribution in [3.05, 3.63) is 101 Å². The molecule has 0 radical (unpaired) electrons. The molecule has 0 unspecified atom stereocenters. The van der Waals surface area contributed by atoms with Gasteiger partial charge in [0.05, 0.1) is 11.1 Å². The average Bonchev–Trinajstić information content (AvgIpc) is 3.27. The number of benzene rings is 3. The number of hydrogen-bond acceptors (Lipinski definition) is 4. The van der Waals surface area contributed by atoms with Crippen LogP contribution in [-0.4, -0.2) is 28.1 Å². The Bertz CT molecular complexity index is 1360. The zero-order chi connectivity index (χ0) is 24.6. The van der Waals surface area contributed by atoms with Gasteiger partial charge in [-0.05, 0) is 69.4 Å². The molecule has 4 rings (SSSR count). The molecule has 35 heavy (non-hydrogen) atoms. The minimum atomic E-state index is -0.412. The fourth-order valence-electron chi connectivity index (χ4n) is 3.49. The molecule has 2 amide bonds. The first-order valence-corrected chi connectivity index (χ1v) is 12.1. The van der Waals surface area contributed by atoms with E-state index in [0.29, 0.717) is 22.4 Å². The molecular formula is C26H23BrN4O3S. The molecule has 0 saturated heterocycles. The number of carbonyl (C=O) groups is 2. The number of halogens is 1. The van der Waals surface area contributed by atoms with E-state index in [9.17, 15) is 9.59 Å². The average molecular weight is 551 g/mol. The zero-order valence-electron chi connectivity index (χ0n) is 18.7. The van der Waals surface area contributed by atoms with E-state index in [2.05, 4.69) is 32.1 Å². The van der Waals surface area contributed by atoms with Crippen molar-refractivity contribution in [2.75, 3.05) is 6.61 Å². The molecule has 3 N–H and O–H groups in total. The molecule has 3 aromatic carbocycles. The predicted molar refractivity (Wildman–Crippen MR) is 143 cm³/mol. The van der Waals surface area contributed by atoms with Gasteiger partial charge in [0.25, 0.3) is 11.8 Å². The van der Waals surface area contributed by atoms with Crippen LogP contribution in [0, 0.1) is 0 Å². The molecule has 9 heteroatoms. The van der Waals surface area contributed by atoms with Gasteiger partial charge < -0.3 is 9.30 Å². The minimum absolute atomic E-state index is 0.0139. The Labute approximate surface area is 216 Å². The van der Waals surface area contributed by atoms with E-state index in [4.69, 9.17) is 17.0 Å². The maximum Gasteiger partial charge on any atom is 0.258 e. The molecule has 0 bridgehead atoms. The number of aromatic nitrogens is 1. The molecule has 0 fully saturated rings. The van der Waals surface area contributed by atoms with Crippen molar-refractivity contribution in [2.45, 2.75) is 13.0 Å². The minimum Gasteiger partial charge on any atom is -0.492 e. The first kappa shape index (κ1) is 24.4. The zero-order valence-corrected chi connectivity index (χ0v) is 21.1. The molecule has 0 aliphatic rings. The number of para-hydroxylation sites is 1. The van der Waals surface area contributed by atoms with Crippen molar-refractivity contribution in [2.24, 2.45) is 0 Å². The first-order valence-electron chi connectivity index (χ1n) is 10.9. The molecule has 0 aliphatic heterocycles. The van der Waals surface area contributed by atoms with Crippen LogP contribution >= 0.6 is 28.1 Å². The Morgan fingerprint density at radius 3 is 2.51 bits per heavy atom. The third kappa shape index (κ3) is 6.68. The quantitative estimate of drug-likeness (QED) is 0.235. The summed E-state index contributed by atoms with van der Waals surface area (Å²) < 4.78 is 8.31. The lowest BCUT2D eigenvalue weighted by atomic mass is 10.2. The highest BCUT2D eigenvalue weighted by molar-refractivity contribution is 9.10. The van der Waals surface area contributed by atoms with E-state index in [0.717, 1.165) is 17.3 Å². The number of nitrogens with one attached hydrogen (secondary N) is 3. The molecule has 7 nitrogen and oxygen atoms in total. The number of hydrogen-bond donors (Lipinski definition) is 3. The highest BCUT2D eigenvalue weighted by atomic mass is 79.9. The normalized spacial score (nSPS) is 10.5. The van der Waals surface area contributed by atoms with E-state index in [1.165, 1.54) is 5.56 Å². The van der Waals surface area contributed by atoms with Crippen molar-refractivity contribution in [3.8, 4) is 5.75 Å². The van der Waals surface area contributed by atoms with Crippen LogP contribution in [0.2, 0.25) is 0 Å². The lowest BCUT2D eigenvalue weighted by molar-refractivity contribution is -0.122. The number of ether oxygens (including phenoxy) is 1. The van der Waals surface area contributed by atoms with Crippen molar-refractivity contribution >= 4 is 56.0 Å². The number of rotatable bonds is 7. The number of nitrogens with zero attached hydrogens (tertiary/aromatic N) is 1. The second-order valence-corrected chi connectivity index (χ2v) is 8.95. The second kappa shape index (κ2) is 11.6. The van der Waals surface area contributed by atoms with Crippen LogP contribution in [0.25, 0.3) is 10.9 Å². The van der Waals surface area contributed by atoms with Crippen LogP contribution in [0.1, 0.15) is 15.9 Å². The summed E-state index contributed by atoms with van der Waals surface area (Å²) in [5, 5.41) is 3.59. The maximum absolute atomic E-state index is 12.5. The lowest BCUT2D eigenvalue weighted by Crippen LogP contribution is -2.49. The van der Waals surface area contributed by atoms with E-state index < -0.39 is 5.91 Å². The van der Waals surface area contributed by atoms with Crippen LogP contribution in [0.4, 0.5) is 0 Å². The SMILES string of the molecule is O=C(Cn1ccc2ccccc21)NNC(=S)NC(=O)c1ccc(OCCc2ccccc2)c(Br)c1. The van der Waals surface area contributed by atoms with Gasteiger partial charge in [-0.25, -0.2) is 0 Å². The molecule has 0 saturated carbocycles. The number of hydrazine groups is 1. The van der Waals surface area contributed by atoms with Crippen LogP contribution in [-0.2, 0) is 17.8 Å². The number of carbonyl (C=O) groups excluding carboxylic acids is 2. The smallest absolute Gasteiger partial charge is 0.258 e. The van der Waals surface area contributed by atoms with E-state index in [1.807, 2.05) is 71.4 Å². The second-order valence-electron chi connectivity index (χ2n) is 7.69. The Morgan fingerprint density at radius 1 is 0.943 bits per heavy atom. The number of fused-ring (bicyclic) bond motifs is 1. The summed E-state index contributed by atoms with van der Waals surface area (Å²) in [5.41, 5.74) is 7.60. The number of thiocarbonyl (C=S) groups is 1. The summed E-state index contributed by atoms with van der Waals surface area (Å²) in [4.78, 5) is 24.8. The molecule has 0 aliphatic carbocycles. The summed E-state index contributed by atoms with van der Waals surface area (Å²) in [5.74, 6) is -0.0737. The van der Waals surface area contributed by atoms with Crippen LogP contribution in [0.15, 0.2) is 89.5 Å². The monoisotopic (exact) mass is 550 g/mol. The summed E-state index contributed by atoms with van der Waals surface area (Å²) in [6.07, 6.45) is 2.62. The molecule has 0 spiro atoms. The molecule has 4 aromatic rings. The summed E-state index contributed by atoms with van der Waals surface area (Å²) in [7, 11) is 0. The Hall–Kier alpha value is -3.69. The highest BCUT2D eigenvalue weighted by Gasteiger charge is 2.12. The van der Waals surface area contributed by atoms with Gasteiger partial charge in [0, 0.05) is 23.7 Å². The van der Waals surface area contributed by atoms with Gasteiger partial charge in [-0.1, -0.05) is 48.5 Å². The Kier molecular flexibility index (Phi) is 8.12. The van der Waals surface area contributed by atoms with Gasteiger partial charge in [-0.2, -0.15) is 0 Å². The summed E-state index contributed by atoms with van der Waals surface area (Å²) >= 11 is 8.59. The first-order chi connectivity index (χ1) is 17.0. The van der Waals surface area contributed by atoms with Gasteiger partial charge in [-0.3, -0.25) is 25.8 Å². The Balaban J connectivity index is 1.23. The maximum atomic E-state index is 12.5. The lowest BCUT2D eigenvalue weighted by Gasteiger charge is -2.13. The van der Waals surface area contributed by atoms with Gasteiger partial charge in [0.2, 0.25) is 0 Å². The molecule has 1 heterocycles. The van der Waals surface area contributed by atoms with Crippen LogP contribution < -0.4 is 20.9 Å². The van der Waals surface area contributed by atoms with Crippen molar-refractivity contribution in [1.29, 1.82) is 0 Å². The predicted octanol–water partition coefficient (Wildman–Crippen LogP) is 4.36. The highest BCUT2D eigenvalue weighted by Crippen LogP contribution is 2.26. The van der Waals surface area contributed by atoms with Gasteiger partial charge >= 0.3 is 0 Å². The van der Waals surface area contributed by atoms with E-state index >= 15 is 0 Å². The largest absolute Gasteiger partial charge is 0.492 e. The van der Waals surface area contributed by atoms with Gasteiger partial charge in [0.15, 0.2) is 5.11 Å². The third-order valence-electron chi connectivity index (χ3n) is 5.22. The molecule has 0 atom stereocenters. The topological polar surface area (TPSA) is 84.4 Å². The van der Waals surface area contributed by atoms with Gasteiger partial charge in [-0.15, -0.1) is 0 Å². The van der Waals surface area contributed by atoms with Crippen LogP contribution in [0.3, 0.4) is 0 Å². The van der Waals surface area contributed by atoms with Crippen molar-refractivity contribution in [1.82, 2.24) is 20.7 Å². The Morgan fingerprint density at radius 2 is 1.71 bits per heavy atom. The third-order valence-corrected chi connectivity index (χ3v) is 6.05. The molecular weight excluding hydrogens is 528 g/mol. The summed E-state index contributed by atoms with van der Waals surface area (Å²) in [6.45, 7) is 0.621. The standard InChI is InChI=1S/C26H23BrN4O3S/c27-21-16-20(10-11-23(21)34-15-13-18-6-2-1-3-7-18)25(33)28-26(35)30-29-24(32)17-31-14-12-19-8-4-5-9-22(19)31/h1-12,14,16H,13,15,17H2,(H,29,32)(H2,28,30,33,35). The fourth-order valence-corrected chi connectivity index (χ4v) is 4.13. The van der Waals surface area contributed by atoms with Crippen LogP contribution in [0.5, 0.6) is 5.75 Å².